The molecule has 2 aliphatic rings. The van der Waals surface area contributed by atoms with Gasteiger partial charge in [0.1, 0.15) is 11.9 Å². The number of aryl methyl sites for hydroxylation is 1. The fraction of sp³-hybridized carbons (Fsp3) is 0.382. The van der Waals surface area contributed by atoms with Crippen LogP contribution >= 0.6 is 11.6 Å². The Hall–Kier alpha value is -4.48. The zero-order valence-electron chi connectivity index (χ0n) is 25.6. The van der Waals surface area contributed by atoms with E-state index in [1.165, 1.54) is 12.8 Å². The molecule has 46 heavy (non-hydrogen) atoms. The number of nitrogens with two attached hydrogens (primary N) is 1. The van der Waals surface area contributed by atoms with E-state index in [1.807, 2.05) is 31.2 Å². The number of imidazole rings is 2. The quantitative estimate of drug-likeness (QED) is 0.131. The molecule has 0 spiro atoms. The Kier molecular flexibility index (Phi) is 8.12. The summed E-state index contributed by atoms with van der Waals surface area (Å²) in [5.41, 5.74) is 12.3. The predicted molar refractivity (Wildman–Crippen MR) is 179 cm³/mol. The van der Waals surface area contributed by atoms with Gasteiger partial charge < -0.3 is 31.3 Å². The molecule has 12 heteroatoms. The largest absolute Gasteiger partial charge is 0.344 e. The number of nitrogens with one attached hydrogen (secondary N) is 5. The number of hydrogen-bond donors (Lipinski definition) is 6. The number of aromatic amines is 3. The second kappa shape index (κ2) is 12.4. The summed E-state index contributed by atoms with van der Waals surface area (Å²) in [5.74, 6) is 1.30. The van der Waals surface area contributed by atoms with E-state index in [4.69, 9.17) is 22.3 Å². The molecule has 2 fully saturated rings. The summed E-state index contributed by atoms with van der Waals surface area (Å²) >= 11 is 6.37. The molecule has 7 rings (SSSR count). The van der Waals surface area contributed by atoms with Gasteiger partial charge in [0, 0.05) is 35.2 Å². The molecule has 2 aliphatic carbocycles. The van der Waals surface area contributed by atoms with Crippen molar-refractivity contribution >= 4 is 51.3 Å². The molecule has 0 bridgehead atoms. The molecular formula is C34H37ClN8O3. The second-order valence-corrected chi connectivity index (χ2v) is 13.2. The van der Waals surface area contributed by atoms with E-state index in [1.54, 1.807) is 12.1 Å². The van der Waals surface area contributed by atoms with Gasteiger partial charge in [0.05, 0.1) is 21.6 Å². The number of amides is 2. The number of pyridine rings is 1. The fourth-order valence-electron chi connectivity index (χ4n) is 6.51. The van der Waals surface area contributed by atoms with E-state index in [9.17, 15) is 14.4 Å². The summed E-state index contributed by atoms with van der Waals surface area (Å²) < 4.78 is 0. The Balaban J connectivity index is 1.11. The number of H-pyrrole nitrogens is 3. The number of nitrogens with zero attached hydrogens (tertiary/aromatic N) is 2. The molecule has 0 unspecified atom stereocenters. The first-order valence-electron chi connectivity index (χ1n) is 15.9. The monoisotopic (exact) mass is 640 g/mol. The number of rotatable bonds is 9. The second-order valence-electron chi connectivity index (χ2n) is 12.8. The Labute approximate surface area is 270 Å². The SMILES string of the molecule is Cc1nc2nc(C3CC3)[nH]c2cc1-c1ccc(C[C@H](NC(=O)C2CCC(CN)CC2)C(=O)Nc2cc(Cl)c3[nH]c(=O)[nH]c3c2)cc1. The third-order valence-electron chi connectivity index (χ3n) is 9.38. The lowest BCUT2D eigenvalue weighted by atomic mass is 9.81. The number of carbonyl (C=O) groups excluding carboxylic acids is 2. The molecule has 1 atom stereocenters. The minimum atomic E-state index is -0.837. The highest BCUT2D eigenvalue weighted by Gasteiger charge is 2.30. The number of benzene rings is 2. The van der Waals surface area contributed by atoms with Crippen LogP contribution in [0.4, 0.5) is 5.69 Å². The Morgan fingerprint density at radius 2 is 1.74 bits per heavy atom. The van der Waals surface area contributed by atoms with Crippen LogP contribution in [0.2, 0.25) is 5.02 Å². The van der Waals surface area contributed by atoms with E-state index in [2.05, 4.69) is 36.6 Å². The predicted octanol–water partition coefficient (Wildman–Crippen LogP) is 5.06. The number of carbonyl (C=O) groups is 2. The molecule has 0 radical (unpaired) electrons. The van der Waals surface area contributed by atoms with E-state index >= 15 is 0 Å². The van der Waals surface area contributed by atoms with Crippen molar-refractivity contribution in [3.05, 3.63) is 75.1 Å². The Morgan fingerprint density at radius 3 is 2.46 bits per heavy atom. The molecule has 2 amide bonds. The summed E-state index contributed by atoms with van der Waals surface area (Å²) in [7, 11) is 0. The van der Waals surface area contributed by atoms with Crippen molar-refractivity contribution in [1.29, 1.82) is 0 Å². The van der Waals surface area contributed by atoms with Crippen LogP contribution in [0.1, 0.15) is 61.5 Å². The molecular weight excluding hydrogens is 604 g/mol. The topological polar surface area (TPSA) is 174 Å². The van der Waals surface area contributed by atoms with Gasteiger partial charge in [-0.25, -0.2) is 14.8 Å². The van der Waals surface area contributed by atoms with Crippen LogP contribution in [0, 0.1) is 18.8 Å². The van der Waals surface area contributed by atoms with Gasteiger partial charge in [0.2, 0.25) is 11.8 Å². The molecule has 3 aromatic heterocycles. The first-order chi connectivity index (χ1) is 22.2. The minimum Gasteiger partial charge on any atom is -0.344 e. The normalized spacial score (nSPS) is 18.9. The van der Waals surface area contributed by atoms with Crippen LogP contribution in [0.25, 0.3) is 33.3 Å². The molecule has 0 aliphatic heterocycles. The van der Waals surface area contributed by atoms with Crippen molar-refractivity contribution in [2.75, 3.05) is 11.9 Å². The summed E-state index contributed by atoms with van der Waals surface area (Å²) in [6.45, 7) is 2.61. The first-order valence-corrected chi connectivity index (χ1v) is 16.3. The molecule has 0 saturated heterocycles. The third-order valence-corrected chi connectivity index (χ3v) is 9.68. The molecule has 5 aromatic rings. The highest BCUT2D eigenvalue weighted by Crippen LogP contribution is 2.39. The Bertz CT molecular complexity index is 1980. The number of aromatic nitrogens is 5. The van der Waals surface area contributed by atoms with Gasteiger partial charge in [0.15, 0.2) is 5.65 Å². The smallest absolute Gasteiger partial charge is 0.323 e. The highest BCUT2D eigenvalue weighted by atomic mass is 35.5. The Morgan fingerprint density at radius 1 is 0.978 bits per heavy atom. The molecule has 238 valence electrons. The zero-order chi connectivity index (χ0) is 31.9. The summed E-state index contributed by atoms with van der Waals surface area (Å²) in [5, 5.41) is 6.22. The summed E-state index contributed by atoms with van der Waals surface area (Å²) in [6.07, 6.45) is 5.92. The van der Waals surface area contributed by atoms with Crippen LogP contribution in [0.3, 0.4) is 0 Å². The van der Waals surface area contributed by atoms with E-state index < -0.39 is 11.7 Å². The van der Waals surface area contributed by atoms with Crippen molar-refractivity contribution in [3.63, 3.8) is 0 Å². The van der Waals surface area contributed by atoms with E-state index in [0.717, 1.165) is 65.1 Å². The van der Waals surface area contributed by atoms with Gasteiger partial charge in [-0.05, 0) is 87.2 Å². The number of anilines is 1. The lowest BCUT2D eigenvalue weighted by Gasteiger charge is -2.28. The molecule has 11 nitrogen and oxygen atoms in total. The van der Waals surface area contributed by atoms with Crippen molar-refractivity contribution in [2.45, 2.75) is 63.8 Å². The zero-order valence-corrected chi connectivity index (χ0v) is 26.3. The van der Waals surface area contributed by atoms with Gasteiger partial charge in [-0.3, -0.25) is 9.59 Å². The summed E-state index contributed by atoms with van der Waals surface area (Å²) in [6, 6.07) is 12.5. The van der Waals surface area contributed by atoms with Crippen molar-refractivity contribution in [1.82, 2.24) is 30.2 Å². The number of hydrogen-bond acceptors (Lipinski definition) is 6. The molecule has 2 saturated carbocycles. The lowest BCUT2D eigenvalue weighted by molar-refractivity contribution is -0.130. The van der Waals surface area contributed by atoms with Crippen LogP contribution in [-0.4, -0.2) is 49.3 Å². The first kappa shape index (κ1) is 30.2. The van der Waals surface area contributed by atoms with Gasteiger partial charge in [0.25, 0.3) is 0 Å². The van der Waals surface area contributed by atoms with E-state index in [0.29, 0.717) is 40.1 Å². The maximum absolute atomic E-state index is 13.7. The van der Waals surface area contributed by atoms with Gasteiger partial charge in [-0.2, -0.15) is 0 Å². The van der Waals surface area contributed by atoms with Crippen molar-refractivity contribution < 1.29 is 9.59 Å². The number of halogens is 1. The highest BCUT2D eigenvalue weighted by molar-refractivity contribution is 6.35. The molecule has 2 aromatic carbocycles. The molecule has 7 N–H and O–H groups in total. The fourth-order valence-corrected chi connectivity index (χ4v) is 6.78. The summed E-state index contributed by atoms with van der Waals surface area (Å²) in [4.78, 5) is 57.1. The van der Waals surface area contributed by atoms with Crippen LogP contribution in [0.5, 0.6) is 0 Å². The van der Waals surface area contributed by atoms with Gasteiger partial charge >= 0.3 is 5.69 Å². The standard InChI is InChI=1S/C34H37ClN8O3/c1-17-24(15-27-31(37-17)43-30(39-27)21-10-11-21)20-6-2-18(3-7-20)12-28(40-32(44)22-8-4-19(16-36)5-9-22)33(45)38-23-13-25(35)29-26(14-23)41-34(46)42-29/h2-3,6-7,13-15,19,21-22,28H,4-5,8-12,16,36H2,1H3,(H,38,45)(H,40,44)(H,37,39,43)(H2,41,42,46)/t19?,22?,28-/m0/s1. The van der Waals surface area contributed by atoms with Crippen molar-refractivity contribution in [3.8, 4) is 11.1 Å². The van der Waals surface area contributed by atoms with Crippen LogP contribution in [-0.2, 0) is 16.0 Å². The van der Waals surface area contributed by atoms with Gasteiger partial charge in [-0.1, -0.05) is 35.9 Å². The van der Waals surface area contributed by atoms with Crippen LogP contribution in [0.15, 0.2) is 47.3 Å². The lowest BCUT2D eigenvalue weighted by Crippen LogP contribution is -2.48. The van der Waals surface area contributed by atoms with E-state index in [-0.39, 0.29) is 24.2 Å². The van der Waals surface area contributed by atoms with Crippen molar-refractivity contribution in [2.24, 2.45) is 17.6 Å². The average molecular weight is 641 g/mol. The minimum absolute atomic E-state index is 0.129. The third kappa shape index (κ3) is 6.29. The van der Waals surface area contributed by atoms with Gasteiger partial charge in [-0.15, -0.1) is 0 Å². The number of fused-ring (bicyclic) bond motifs is 2. The molecule has 3 heterocycles. The average Bonchev–Trinajstić information content (AvgIpc) is 3.71. The maximum Gasteiger partial charge on any atom is 0.323 e. The van der Waals surface area contributed by atoms with Crippen LogP contribution < -0.4 is 22.1 Å². The maximum atomic E-state index is 13.7.